The highest BCUT2D eigenvalue weighted by atomic mass is 19.3. The molecule has 0 fully saturated rings. The molecule has 1 aromatic rings. The molecule has 1 rings (SSSR count). The summed E-state index contributed by atoms with van der Waals surface area (Å²) < 4.78 is 24.7. The van der Waals surface area contributed by atoms with Crippen LogP contribution >= 0.6 is 0 Å². The average Bonchev–Trinajstić information content (AvgIpc) is 2.09. The number of aryl methyl sites for hydroxylation is 1. The van der Waals surface area contributed by atoms with Crippen LogP contribution in [0, 0.1) is 6.92 Å². The average molecular weight is 216 g/mol. The first kappa shape index (κ1) is 11.4. The van der Waals surface area contributed by atoms with E-state index in [0.29, 0.717) is 5.56 Å². The van der Waals surface area contributed by atoms with Crippen LogP contribution in [-0.4, -0.2) is 16.1 Å². The highest BCUT2D eigenvalue weighted by Crippen LogP contribution is 2.25. The molecular formula is C9H10F2N2O2. The third kappa shape index (κ3) is 2.61. The van der Waals surface area contributed by atoms with E-state index in [1.165, 1.54) is 13.0 Å². The minimum Gasteiger partial charge on any atom is -0.481 e. The Bertz CT molecular complexity index is 394. The third-order valence-electron chi connectivity index (χ3n) is 1.93. The fraction of sp³-hybridized carbons (Fsp3) is 0.333. The Morgan fingerprint density at radius 3 is 2.73 bits per heavy atom. The molecule has 0 saturated carbocycles. The number of hydrogen-bond donors (Lipinski definition) is 2. The molecule has 1 aromatic heterocycles. The molecule has 0 radical (unpaired) electrons. The van der Waals surface area contributed by atoms with Gasteiger partial charge in [-0.05, 0) is 18.6 Å². The second-order valence-electron chi connectivity index (χ2n) is 3.10. The van der Waals surface area contributed by atoms with E-state index in [1.807, 2.05) is 0 Å². The van der Waals surface area contributed by atoms with Crippen LogP contribution in [0.1, 0.15) is 23.2 Å². The van der Waals surface area contributed by atoms with Crippen molar-refractivity contribution in [2.24, 2.45) is 0 Å². The number of nitrogen functional groups attached to an aromatic ring is 1. The van der Waals surface area contributed by atoms with Crippen LogP contribution < -0.4 is 5.73 Å². The molecule has 3 N–H and O–H groups in total. The molecule has 0 aliphatic rings. The summed E-state index contributed by atoms with van der Waals surface area (Å²) in [6.45, 7) is 1.52. The molecule has 0 spiro atoms. The molecule has 4 nitrogen and oxygen atoms in total. The number of hydrogen-bond acceptors (Lipinski definition) is 3. The van der Waals surface area contributed by atoms with Gasteiger partial charge in [-0.15, -0.1) is 0 Å². The molecule has 0 amide bonds. The molecule has 6 heteroatoms. The van der Waals surface area contributed by atoms with Crippen LogP contribution in [-0.2, 0) is 11.2 Å². The van der Waals surface area contributed by atoms with Gasteiger partial charge in [0.25, 0.3) is 6.43 Å². The van der Waals surface area contributed by atoms with E-state index >= 15 is 0 Å². The van der Waals surface area contributed by atoms with Gasteiger partial charge in [0.15, 0.2) is 0 Å². The highest BCUT2D eigenvalue weighted by molar-refractivity contribution is 5.70. The molecule has 0 unspecified atom stereocenters. The van der Waals surface area contributed by atoms with Gasteiger partial charge >= 0.3 is 5.97 Å². The molecule has 0 aromatic carbocycles. The molecule has 0 aliphatic heterocycles. The van der Waals surface area contributed by atoms with Gasteiger partial charge in [0, 0.05) is 0 Å². The van der Waals surface area contributed by atoms with Crippen molar-refractivity contribution >= 4 is 11.8 Å². The van der Waals surface area contributed by atoms with Crippen LogP contribution in [0.2, 0.25) is 0 Å². The Labute approximate surface area is 84.7 Å². The lowest BCUT2D eigenvalue weighted by atomic mass is 10.1. The first-order chi connectivity index (χ1) is 6.91. The summed E-state index contributed by atoms with van der Waals surface area (Å²) in [7, 11) is 0. The van der Waals surface area contributed by atoms with Gasteiger partial charge in [-0.1, -0.05) is 0 Å². The molecule has 0 aliphatic carbocycles. The number of halogens is 2. The normalized spacial score (nSPS) is 10.7. The SMILES string of the molecule is Cc1cc(C(F)F)c(N)nc1CC(=O)O. The zero-order valence-electron chi connectivity index (χ0n) is 8.00. The van der Waals surface area contributed by atoms with E-state index in [1.54, 1.807) is 0 Å². The van der Waals surface area contributed by atoms with Gasteiger partial charge in [0.1, 0.15) is 5.82 Å². The number of nitrogens with zero attached hydrogens (tertiary/aromatic N) is 1. The van der Waals surface area contributed by atoms with Crippen molar-refractivity contribution in [1.82, 2.24) is 4.98 Å². The topological polar surface area (TPSA) is 76.2 Å². The zero-order chi connectivity index (χ0) is 11.6. The second kappa shape index (κ2) is 4.20. The van der Waals surface area contributed by atoms with Gasteiger partial charge in [-0.2, -0.15) is 0 Å². The predicted octanol–water partition coefficient (Wildman–Crippen LogP) is 1.54. The van der Waals surface area contributed by atoms with Crippen LogP contribution in [0.3, 0.4) is 0 Å². The van der Waals surface area contributed by atoms with Crippen molar-refractivity contribution in [2.75, 3.05) is 5.73 Å². The van der Waals surface area contributed by atoms with Crippen molar-refractivity contribution in [1.29, 1.82) is 0 Å². The van der Waals surface area contributed by atoms with Gasteiger partial charge < -0.3 is 10.8 Å². The Kier molecular flexibility index (Phi) is 3.18. The Balaban J connectivity index is 3.13. The lowest BCUT2D eigenvalue weighted by Gasteiger charge is -2.08. The van der Waals surface area contributed by atoms with E-state index in [-0.39, 0.29) is 23.5 Å². The van der Waals surface area contributed by atoms with Crippen molar-refractivity contribution in [3.05, 3.63) is 22.9 Å². The number of nitrogens with two attached hydrogens (primary N) is 1. The summed E-state index contributed by atoms with van der Waals surface area (Å²) in [4.78, 5) is 14.1. The zero-order valence-corrected chi connectivity index (χ0v) is 8.00. The first-order valence-corrected chi connectivity index (χ1v) is 4.17. The third-order valence-corrected chi connectivity index (χ3v) is 1.93. The van der Waals surface area contributed by atoms with Crippen molar-refractivity contribution in [3.63, 3.8) is 0 Å². The quantitative estimate of drug-likeness (QED) is 0.803. The van der Waals surface area contributed by atoms with Gasteiger partial charge in [0.2, 0.25) is 0 Å². The number of carboxylic acid groups (broad SMARTS) is 1. The summed E-state index contributed by atoms with van der Waals surface area (Å²) in [5.41, 5.74) is 5.54. The molecular weight excluding hydrogens is 206 g/mol. The Morgan fingerprint density at radius 1 is 1.67 bits per heavy atom. The molecule has 15 heavy (non-hydrogen) atoms. The maximum absolute atomic E-state index is 12.4. The summed E-state index contributed by atoms with van der Waals surface area (Å²) in [6, 6.07) is 1.17. The lowest BCUT2D eigenvalue weighted by Crippen LogP contribution is -2.08. The monoisotopic (exact) mass is 216 g/mol. The lowest BCUT2D eigenvalue weighted by molar-refractivity contribution is -0.136. The Morgan fingerprint density at radius 2 is 2.27 bits per heavy atom. The standard InChI is InChI=1S/C9H10F2N2O2/c1-4-2-5(8(10)11)9(12)13-6(4)3-7(14)15/h2,8H,3H2,1H3,(H2,12,13)(H,14,15). The first-order valence-electron chi connectivity index (χ1n) is 4.17. The van der Waals surface area contributed by atoms with Gasteiger partial charge in [-0.3, -0.25) is 4.79 Å². The summed E-state index contributed by atoms with van der Waals surface area (Å²) in [5.74, 6) is -1.39. The second-order valence-corrected chi connectivity index (χ2v) is 3.10. The van der Waals surface area contributed by atoms with E-state index in [2.05, 4.69) is 4.98 Å². The fourth-order valence-electron chi connectivity index (χ4n) is 1.19. The van der Waals surface area contributed by atoms with E-state index in [9.17, 15) is 13.6 Å². The summed E-state index contributed by atoms with van der Waals surface area (Å²) >= 11 is 0. The Hall–Kier alpha value is -1.72. The van der Waals surface area contributed by atoms with Crippen LogP contribution in [0.5, 0.6) is 0 Å². The molecule has 0 atom stereocenters. The molecule has 82 valence electrons. The summed E-state index contributed by atoms with van der Waals surface area (Å²) in [6.07, 6.45) is -3.02. The number of anilines is 1. The predicted molar refractivity (Wildman–Crippen MR) is 49.7 cm³/mol. The van der Waals surface area contributed by atoms with E-state index < -0.39 is 12.4 Å². The minimum atomic E-state index is -2.70. The van der Waals surface area contributed by atoms with Gasteiger partial charge in [0.05, 0.1) is 17.7 Å². The molecule has 1 heterocycles. The minimum absolute atomic E-state index is 0.212. The number of pyridine rings is 1. The maximum atomic E-state index is 12.4. The van der Waals surface area contributed by atoms with Crippen molar-refractivity contribution < 1.29 is 18.7 Å². The van der Waals surface area contributed by atoms with Crippen LogP contribution in [0.25, 0.3) is 0 Å². The number of aromatic nitrogens is 1. The van der Waals surface area contributed by atoms with E-state index in [0.717, 1.165) is 0 Å². The fourth-order valence-corrected chi connectivity index (χ4v) is 1.19. The van der Waals surface area contributed by atoms with Crippen molar-refractivity contribution in [3.8, 4) is 0 Å². The highest BCUT2D eigenvalue weighted by Gasteiger charge is 2.16. The summed E-state index contributed by atoms with van der Waals surface area (Å²) in [5, 5.41) is 8.53. The number of rotatable bonds is 3. The maximum Gasteiger partial charge on any atom is 0.309 e. The number of carbonyl (C=O) groups is 1. The van der Waals surface area contributed by atoms with E-state index in [4.69, 9.17) is 10.8 Å². The smallest absolute Gasteiger partial charge is 0.309 e. The molecule has 0 saturated heterocycles. The number of alkyl halides is 2. The van der Waals surface area contributed by atoms with Crippen LogP contribution in [0.4, 0.5) is 14.6 Å². The molecule has 0 bridgehead atoms. The number of carboxylic acids is 1. The van der Waals surface area contributed by atoms with Gasteiger partial charge in [-0.25, -0.2) is 13.8 Å². The van der Waals surface area contributed by atoms with Crippen molar-refractivity contribution in [2.45, 2.75) is 19.8 Å². The number of aliphatic carboxylic acids is 1. The largest absolute Gasteiger partial charge is 0.481 e. The van der Waals surface area contributed by atoms with Crippen LogP contribution in [0.15, 0.2) is 6.07 Å².